The lowest BCUT2D eigenvalue weighted by Gasteiger charge is -2.04. The van der Waals surface area contributed by atoms with Crippen molar-refractivity contribution in [2.24, 2.45) is 5.73 Å². The third-order valence-electron chi connectivity index (χ3n) is 1.30. The molecule has 1 rings (SSSR count). The molecule has 1 aromatic heterocycles. The highest BCUT2D eigenvalue weighted by atomic mass is 79.9. The third kappa shape index (κ3) is 2.24. The van der Waals surface area contributed by atoms with Gasteiger partial charge in [0, 0.05) is 10.7 Å². The number of nitrogens with zero attached hydrogens (tertiary/aromatic N) is 1. The maximum absolute atomic E-state index is 12.0. The van der Waals surface area contributed by atoms with Crippen molar-refractivity contribution in [3.8, 4) is 0 Å². The molecule has 4 heteroatoms. The van der Waals surface area contributed by atoms with Crippen LogP contribution in [0.4, 0.5) is 4.39 Å². The first-order chi connectivity index (χ1) is 5.24. The van der Waals surface area contributed by atoms with Gasteiger partial charge in [0.2, 0.25) is 0 Å². The Morgan fingerprint density at radius 1 is 1.64 bits per heavy atom. The van der Waals surface area contributed by atoms with Gasteiger partial charge in [-0.15, -0.1) is 0 Å². The van der Waals surface area contributed by atoms with Crippen LogP contribution < -0.4 is 5.73 Å². The van der Waals surface area contributed by atoms with E-state index in [4.69, 9.17) is 5.73 Å². The van der Waals surface area contributed by atoms with E-state index in [0.717, 1.165) is 4.47 Å². The van der Waals surface area contributed by atoms with Crippen molar-refractivity contribution in [2.75, 3.05) is 6.67 Å². The van der Waals surface area contributed by atoms with Crippen molar-refractivity contribution in [1.82, 2.24) is 4.98 Å². The van der Waals surface area contributed by atoms with Crippen LogP contribution in [0.1, 0.15) is 11.7 Å². The van der Waals surface area contributed by atoms with Gasteiger partial charge in [0.05, 0.1) is 11.7 Å². The van der Waals surface area contributed by atoms with E-state index in [2.05, 4.69) is 20.9 Å². The minimum Gasteiger partial charge on any atom is -0.321 e. The lowest BCUT2D eigenvalue weighted by Crippen LogP contribution is -2.13. The van der Waals surface area contributed by atoms with E-state index in [9.17, 15) is 4.39 Å². The second kappa shape index (κ2) is 3.78. The van der Waals surface area contributed by atoms with Gasteiger partial charge in [-0.2, -0.15) is 0 Å². The molecule has 2 N–H and O–H groups in total. The molecule has 1 aromatic rings. The summed E-state index contributed by atoms with van der Waals surface area (Å²) in [6.07, 6.45) is 1.60. The van der Waals surface area contributed by atoms with Crippen LogP contribution in [0.2, 0.25) is 0 Å². The predicted molar refractivity (Wildman–Crippen MR) is 44.8 cm³/mol. The van der Waals surface area contributed by atoms with E-state index in [0.29, 0.717) is 5.69 Å². The summed E-state index contributed by atoms with van der Waals surface area (Å²) in [6, 6.07) is 2.90. The Hall–Kier alpha value is -0.480. The highest BCUT2D eigenvalue weighted by molar-refractivity contribution is 9.10. The zero-order valence-electron chi connectivity index (χ0n) is 5.80. The van der Waals surface area contributed by atoms with Crippen LogP contribution in [0, 0.1) is 0 Å². The van der Waals surface area contributed by atoms with E-state index in [1.807, 2.05) is 0 Å². The average molecular weight is 219 g/mol. The lowest BCUT2D eigenvalue weighted by molar-refractivity contribution is 0.432. The van der Waals surface area contributed by atoms with Crippen molar-refractivity contribution in [3.05, 3.63) is 28.5 Å². The predicted octanol–water partition coefficient (Wildman–Crippen LogP) is 1.81. The summed E-state index contributed by atoms with van der Waals surface area (Å²) in [7, 11) is 0. The van der Waals surface area contributed by atoms with Gasteiger partial charge in [-0.3, -0.25) is 4.98 Å². The Kier molecular flexibility index (Phi) is 2.96. The first-order valence-corrected chi connectivity index (χ1v) is 3.96. The van der Waals surface area contributed by atoms with Crippen molar-refractivity contribution in [1.29, 1.82) is 0 Å². The van der Waals surface area contributed by atoms with Gasteiger partial charge >= 0.3 is 0 Å². The lowest BCUT2D eigenvalue weighted by atomic mass is 10.2. The van der Waals surface area contributed by atoms with Crippen molar-refractivity contribution in [2.45, 2.75) is 6.04 Å². The molecular formula is C7H8BrFN2. The monoisotopic (exact) mass is 218 g/mol. The van der Waals surface area contributed by atoms with Gasteiger partial charge in [-0.1, -0.05) is 0 Å². The Morgan fingerprint density at radius 3 is 2.82 bits per heavy atom. The number of nitrogens with two attached hydrogens (primary N) is 1. The zero-order chi connectivity index (χ0) is 8.27. The van der Waals surface area contributed by atoms with Crippen molar-refractivity contribution in [3.63, 3.8) is 0 Å². The maximum Gasteiger partial charge on any atom is 0.110 e. The Labute approximate surface area is 72.8 Å². The summed E-state index contributed by atoms with van der Waals surface area (Å²) in [5, 5.41) is 0. The number of rotatable bonds is 2. The first kappa shape index (κ1) is 8.62. The number of hydrogen-bond donors (Lipinski definition) is 1. The van der Waals surface area contributed by atoms with E-state index in [-0.39, 0.29) is 0 Å². The minimum absolute atomic E-state index is 0.575. The molecule has 0 spiro atoms. The molecule has 11 heavy (non-hydrogen) atoms. The normalized spacial score (nSPS) is 13.0. The molecule has 0 bridgehead atoms. The molecule has 1 atom stereocenters. The van der Waals surface area contributed by atoms with Gasteiger partial charge in [0.25, 0.3) is 0 Å². The van der Waals surface area contributed by atoms with Crippen LogP contribution in [0.3, 0.4) is 0 Å². The molecule has 0 fully saturated rings. The van der Waals surface area contributed by atoms with Crippen LogP contribution in [-0.4, -0.2) is 11.7 Å². The van der Waals surface area contributed by atoms with Gasteiger partial charge in [0.15, 0.2) is 0 Å². The van der Waals surface area contributed by atoms with E-state index in [1.165, 1.54) is 0 Å². The molecule has 0 aliphatic rings. The van der Waals surface area contributed by atoms with Crippen LogP contribution in [-0.2, 0) is 0 Å². The van der Waals surface area contributed by atoms with Gasteiger partial charge in [-0.25, -0.2) is 4.39 Å². The summed E-state index contributed by atoms with van der Waals surface area (Å²) >= 11 is 3.22. The minimum atomic E-state index is -0.594. The second-order valence-corrected chi connectivity index (χ2v) is 3.08. The second-order valence-electron chi connectivity index (χ2n) is 2.16. The fourth-order valence-corrected chi connectivity index (χ4v) is 0.920. The highest BCUT2D eigenvalue weighted by Gasteiger charge is 2.04. The van der Waals surface area contributed by atoms with E-state index < -0.39 is 12.7 Å². The van der Waals surface area contributed by atoms with Gasteiger partial charge in [0.1, 0.15) is 6.67 Å². The number of alkyl halides is 1. The van der Waals surface area contributed by atoms with Gasteiger partial charge < -0.3 is 5.73 Å². The molecule has 60 valence electrons. The fraction of sp³-hybridized carbons (Fsp3) is 0.286. The molecule has 0 aliphatic heterocycles. The number of halogens is 2. The molecule has 1 heterocycles. The van der Waals surface area contributed by atoms with Crippen molar-refractivity contribution < 1.29 is 4.39 Å². The molecule has 1 unspecified atom stereocenters. The largest absolute Gasteiger partial charge is 0.321 e. The molecule has 0 amide bonds. The summed E-state index contributed by atoms with van der Waals surface area (Å²) < 4.78 is 12.9. The molecule has 0 saturated carbocycles. The standard InChI is InChI=1S/C7H8BrFN2/c8-5-1-2-7(11-4-5)6(10)3-9/h1-2,4,6H,3,10H2. The molecule has 0 radical (unpaired) electrons. The molecule has 2 nitrogen and oxygen atoms in total. The molecule has 0 saturated heterocycles. The number of pyridine rings is 1. The van der Waals surface area contributed by atoms with E-state index >= 15 is 0 Å². The fourth-order valence-electron chi connectivity index (χ4n) is 0.686. The Morgan fingerprint density at radius 2 is 2.36 bits per heavy atom. The quantitative estimate of drug-likeness (QED) is 0.823. The smallest absolute Gasteiger partial charge is 0.110 e. The summed E-state index contributed by atoms with van der Waals surface area (Å²) in [5.74, 6) is 0. The summed E-state index contributed by atoms with van der Waals surface area (Å²) in [4.78, 5) is 3.94. The maximum atomic E-state index is 12.0. The number of hydrogen-bond acceptors (Lipinski definition) is 2. The highest BCUT2D eigenvalue weighted by Crippen LogP contribution is 2.11. The first-order valence-electron chi connectivity index (χ1n) is 3.17. The summed E-state index contributed by atoms with van der Waals surface area (Å²) in [5.41, 5.74) is 5.97. The van der Waals surface area contributed by atoms with Crippen LogP contribution in [0.15, 0.2) is 22.8 Å². The Balaban J connectivity index is 2.81. The molecule has 0 aliphatic carbocycles. The van der Waals surface area contributed by atoms with Crippen LogP contribution in [0.25, 0.3) is 0 Å². The van der Waals surface area contributed by atoms with Crippen LogP contribution >= 0.6 is 15.9 Å². The van der Waals surface area contributed by atoms with E-state index in [1.54, 1.807) is 18.3 Å². The molecule has 0 aromatic carbocycles. The van der Waals surface area contributed by atoms with Gasteiger partial charge in [-0.05, 0) is 28.1 Å². The SMILES string of the molecule is NC(CF)c1ccc(Br)cn1. The Bertz CT molecular complexity index is 224. The number of aromatic nitrogens is 1. The average Bonchev–Trinajstić information content (AvgIpc) is 2.05. The summed E-state index contributed by atoms with van der Waals surface area (Å²) in [6.45, 7) is -0.575. The third-order valence-corrected chi connectivity index (χ3v) is 1.77. The zero-order valence-corrected chi connectivity index (χ0v) is 7.38. The molecular weight excluding hydrogens is 211 g/mol. The van der Waals surface area contributed by atoms with Crippen molar-refractivity contribution >= 4 is 15.9 Å². The topological polar surface area (TPSA) is 38.9 Å². The van der Waals surface area contributed by atoms with Crippen LogP contribution in [0.5, 0.6) is 0 Å².